The van der Waals surface area contributed by atoms with Crippen LogP contribution in [0.4, 0.5) is 0 Å². The topological polar surface area (TPSA) is 189 Å². The van der Waals surface area contributed by atoms with Crippen LogP contribution in [0.3, 0.4) is 0 Å². The van der Waals surface area contributed by atoms with Crippen LogP contribution in [-0.2, 0) is 35.1 Å². The first kappa shape index (κ1) is 32.5. The predicted molar refractivity (Wildman–Crippen MR) is 140 cm³/mol. The standard InChI is InChI=1S/C26H41N5O7/c1-16(2)22(28-17(3)33)25(36)29-19(12-8-9-13-27)23(34)31-21(15-32)24(35)30-20(26(37)38-4)14-18-10-6-5-7-11-18/h5-7,10-11,16,19-22,32H,8-9,12-15,27H2,1-4H3,(H,28,33)(H,29,36)(H,30,35)(H,31,34)/t19-,20-,21-,22-/m0/s1. The molecule has 0 bridgehead atoms. The molecule has 4 amide bonds. The average Bonchev–Trinajstić information content (AvgIpc) is 2.88. The van der Waals surface area contributed by atoms with Crippen molar-refractivity contribution in [2.24, 2.45) is 11.7 Å². The molecule has 1 aromatic rings. The largest absolute Gasteiger partial charge is 0.467 e. The van der Waals surface area contributed by atoms with Crippen molar-refractivity contribution < 1.29 is 33.8 Å². The Morgan fingerprint density at radius 2 is 1.45 bits per heavy atom. The van der Waals surface area contributed by atoms with Gasteiger partial charge in [-0.2, -0.15) is 0 Å². The third kappa shape index (κ3) is 11.3. The molecule has 0 spiro atoms. The molecule has 212 valence electrons. The second-order valence-corrected chi connectivity index (χ2v) is 9.29. The lowest BCUT2D eigenvalue weighted by atomic mass is 10.0. The van der Waals surface area contributed by atoms with Gasteiger partial charge in [-0.3, -0.25) is 19.2 Å². The van der Waals surface area contributed by atoms with Crippen molar-refractivity contribution in [1.82, 2.24) is 21.3 Å². The zero-order chi connectivity index (χ0) is 28.7. The average molecular weight is 536 g/mol. The summed E-state index contributed by atoms with van der Waals surface area (Å²) in [4.78, 5) is 62.7. The highest BCUT2D eigenvalue weighted by atomic mass is 16.5. The zero-order valence-corrected chi connectivity index (χ0v) is 22.5. The lowest BCUT2D eigenvalue weighted by molar-refractivity contribution is -0.145. The Bertz CT molecular complexity index is 926. The van der Waals surface area contributed by atoms with Gasteiger partial charge in [0, 0.05) is 13.3 Å². The van der Waals surface area contributed by atoms with Crippen LogP contribution in [-0.4, -0.2) is 79.1 Å². The van der Waals surface area contributed by atoms with Crippen LogP contribution in [0.15, 0.2) is 30.3 Å². The van der Waals surface area contributed by atoms with Crippen molar-refractivity contribution in [2.45, 2.75) is 70.6 Å². The minimum atomic E-state index is -1.39. The van der Waals surface area contributed by atoms with E-state index in [9.17, 15) is 29.1 Å². The number of benzene rings is 1. The van der Waals surface area contributed by atoms with Gasteiger partial charge in [0.15, 0.2) is 0 Å². The van der Waals surface area contributed by atoms with Gasteiger partial charge >= 0.3 is 5.97 Å². The maximum atomic E-state index is 13.1. The van der Waals surface area contributed by atoms with E-state index in [1.807, 2.05) is 6.07 Å². The predicted octanol–water partition coefficient (Wildman–Crippen LogP) is -0.861. The summed E-state index contributed by atoms with van der Waals surface area (Å²) in [6, 6.07) is 4.60. The fraction of sp³-hybridized carbons (Fsp3) is 0.577. The van der Waals surface area contributed by atoms with Crippen molar-refractivity contribution in [1.29, 1.82) is 0 Å². The van der Waals surface area contributed by atoms with E-state index in [4.69, 9.17) is 10.5 Å². The Labute approximate surface area is 223 Å². The minimum Gasteiger partial charge on any atom is -0.467 e. The van der Waals surface area contributed by atoms with Crippen molar-refractivity contribution in [2.75, 3.05) is 20.3 Å². The third-order valence-corrected chi connectivity index (χ3v) is 5.79. The second-order valence-electron chi connectivity index (χ2n) is 9.29. The number of hydrogen-bond donors (Lipinski definition) is 6. The van der Waals surface area contributed by atoms with Crippen molar-refractivity contribution in [3.05, 3.63) is 35.9 Å². The first-order valence-electron chi connectivity index (χ1n) is 12.6. The van der Waals surface area contributed by atoms with Gasteiger partial charge in [-0.05, 0) is 37.3 Å². The van der Waals surface area contributed by atoms with Gasteiger partial charge in [0.2, 0.25) is 23.6 Å². The van der Waals surface area contributed by atoms with E-state index in [1.54, 1.807) is 38.1 Å². The SMILES string of the molecule is COC(=O)[C@H](Cc1ccccc1)NC(=O)[C@H](CO)NC(=O)[C@H](CCCCN)NC(=O)[C@@H](NC(C)=O)C(C)C. The number of nitrogens with one attached hydrogen (secondary N) is 4. The molecular weight excluding hydrogens is 494 g/mol. The normalized spacial score (nSPS) is 14.0. The summed E-state index contributed by atoms with van der Waals surface area (Å²) >= 11 is 0. The minimum absolute atomic E-state index is 0.142. The molecule has 0 saturated heterocycles. The van der Waals surface area contributed by atoms with Crippen LogP contribution in [0.1, 0.15) is 45.6 Å². The van der Waals surface area contributed by atoms with Gasteiger partial charge in [-0.15, -0.1) is 0 Å². The van der Waals surface area contributed by atoms with Crippen molar-refractivity contribution >= 4 is 29.6 Å². The Balaban J connectivity index is 2.98. The molecule has 0 aliphatic carbocycles. The van der Waals surface area contributed by atoms with Gasteiger partial charge in [-0.1, -0.05) is 44.2 Å². The van der Waals surface area contributed by atoms with Crippen LogP contribution >= 0.6 is 0 Å². The number of rotatable bonds is 16. The highest BCUT2D eigenvalue weighted by Gasteiger charge is 2.31. The van der Waals surface area contributed by atoms with Gasteiger partial charge in [0.1, 0.15) is 24.2 Å². The first-order chi connectivity index (χ1) is 18.0. The van der Waals surface area contributed by atoms with E-state index in [1.165, 1.54) is 14.0 Å². The monoisotopic (exact) mass is 535 g/mol. The van der Waals surface area contributed by atoms with Crippen LogP contribution in [0.5, 0.6) is 0 Å². The molecule has 4 atom stereocenters. The number of nitrogens with two attached hydrogens (primary N) is 1. The number of carbonyl (C=O) groups is 5. The molecule has 1 aromatic carbocycles. The Kier molecular flexibility index (Phi) is 14.6. The van der Waals surface area contributed by atoms with Gasteiger partial charge < -0.3 is 36.8 Å². The van der Waals surface area contributed by atoms with Gasteiger partial charge in [0.25, 0.3) is 0 Å². The van der Waals surface area contributed by atoms with E-state index < -0.39 is 60.4 Å². The lowest BCUT2D eigenvalue weighted by Gasteiger charge is -2.26. The molecule has 0 radical (unpaired) electrons. The Morgan fingerprint density at radius 1 is 0.868 bits per heavy atom. The number of hydrogen-bond acceptors (Lipinski definition) is 8. The number of unbranched alkanes of at least 4 members (excludes halogenated alkanes) is 1. The second kappa shape index (κ2) is 17.1. The van der Waals surface area contributed by atoms with Crippen LogP contribution in [0.25, 0.3) is 0 Å². The number of ether oxygens (including phenoxy) is 1. The van der Waals surface area contributed by atoms with E-state index in [2.05, 4.69) is 21.3 Å². The maximum Gasteiger partial charge on any atom is 0.328 e. The number of aliphatic hydroxyl groups excluding tert-OH is 1. The molecule has 0 saturated carbocycles. The molecule has 0 aliphatic heterocycles. The molecule has 0 aliphatic rings. The number of esters is 1. The molecule has 0 aromatic heterocycles. The molecule has 12 nitrogen and oxygen atoms in total. The zero-order valence-electron chi connectivity index (χ0n) is 22.5. The first-order valence-corrected chi connectivity index (χ1v) is 12.6. The molecule has 7 N–H and O–H groups in total. The number of amides is 4. The van der Waals surface area contributed by atoms with Crippen molar-refractivity contribution in [3.8, 4) is 0 Å². The summed E-state index contributed by atoms with van der Waals surface area (Å²) < 4.78 is 4.79. The highest BCUT2D eigenvalue weighted by Crippen LogP contribution is 2.08. The van der Waals surface area contributed by atoms with E-state index >= 15 is 0 Å². The van der Waals surface area contributed by atoms with Crippen LogP contribution in [0, 0.1) is 5.92 Å². The Morgan fingerprint density at radius 3 is 1.97 bits per heavy atom. The summed E-state index contributed by atoms with van der Waals surface area (Å²) in [6.45, 7) is 4.44. The molecule has 0 heterocycles. The third-order valence-electron chi connectivity index (χ3n) is 5.79. The number of aliphatic hydroxyl groups is 1. The Hall–Kier alpha value is -3.51. The molecular formula is C26H41N5O7. The summed E-state index contributed by atoms with van der Waals surface area (Å²) in [5, 5.41) is 20.0. The molecule has 12 heteroatoms. The number of methoxy groups -OCH3 is 1. The smallest absolute Gasteiger partial charge is 0.328 e. The van der Waals surface area contributed by atoms with E-state index in [0.29, 0.717) is 19.4 Å². The molecule has 0 unspecified atom stereocenters. The molecule has 1 rings (SSSR count). The summed E-state index contributed by atoms with van der Waals surface area (Å²) in [5.41, 5.74) is 6.33. The van der Waals surface area contributed by atoms with Crippen LogP contribution in [0.2, 0.25) is 0 Å². The summed E-state index contributed by atoms with van der Waals surface area (Å²) in [7, 11) is 1.19. The molecule has 0 fully saturated rings. The van der Waals surface area contributed by atoms with Crippen LogP contribution < -0.4 is 27.0 Å². The summed E-state index contributed by atoms with van der Waals surface area (Å²) in [6.07, 6.45) is 1.48. The summed E-state index contributed by atoms with van der Waals surface area (Å²) in [5.74, 6) is -3.38. The fourth-order valence-corrected chi connectivity index (χ4v) is 3.70. The van der Waals surface area contributed by atoms with Crippen molar-refractivity contribution in [3.63, 3.8) is 0 Å². The van der Waals surface area contributed by atoms with Gasteiger partial charge in [0.05, 0.1) is 13.7 Å². The highest BCUT2D eigenvalue weighted by molar-refractivity contribution is 5.95. The fourth-order valence-electron chi connectivity index (χ4n) is 3.70. The van der Waals surface area contributed by atoms with Gasteiger partial charge in [-0.25, -0.2) is 4.79 Å². The maximum absolute atomic E-state index is 13.1. The quantitative estimate of drug-likeness (QED) is 0.116. The lowest BCUT2D eigenvalue weighted by Crippen LogP contribution is -2.59. The van der Waals surface area contributed by atoms with E-state index in [0.717, 1.165) is 5.56 Å². The number of carbonyl (C=O) groups excluding carboxylic acids is 5. The van der Waals surface area contributed by atoms with E-state index in [-0.39, 0.29) is 18.8 Å². The molecule has 38 heavy (non-hydrogen) atoms.